The van der Waals surface area contributed by atoms with Gasteiger partial charge in [-0.15, -0.1) is 31.7 Å². The van der Waals surface area contributed by atoms with Crippen molar-refractivity contribution in [3.63, 3.8) is 0 Å². The topological polar surface area (TPSA) is 72.9 Å². The molecule has 0 amide bonds. The molecular formula is C20H21ClN6OS2. The smallest absolute Gasteiger partial charge is 0.257 e. The fraction of sp³-hybridized carbons (Fsp3) is 0.300. The number of thiophene rings is 1. The number of nitrogens with zero attached hydrogens (tertiary/aromatic N) is 6. The lowest BCUT2D eigenvalue weighted by Crippen LogP contribution is -2.20. The highest BCUT2D eigenvalue weighted by atomic mass is 35.5. The van der Waals surface area contributed by atoms with E-state index in [0.717, 1.165) is 21.5 Å². The number of aromatic nitrogens is 5. The molecule has 0 spiro atoms. The van der Waals surface area contributed by atoms with E-state index < -0.39 is 0 Å². The van der Waals surface area contributed by atoms with E-state index in [4.69, 9.17) is 16.0 Å². The van der Waals surface area contributed by atoms with E-state index in [0.29, 0.717) is 16.8 Å². The van der Waals surface area contributed by atoms with Gasteiger partial charge in [0.25, 0.3) is 5.89 Å². The van der Waals surface area contributed by atoms with Crippen LogP contribution in [-0.4, -0.2) is 44.0 Å². The average Bonchev–Trinajstić information content (AvgIpc) is 3.48. The molecule has 0 bridgehead atoms. The van der Waals surface area contributed by atoms with Crippen LogP contribution >= 0.6 is 34.7 Å². The first-order chi connectivity index (χ1) is 14.4. The fourth-order valence-electron chi connectivity index (χ4n) is 2.80. The summed E-state index contributed by atoms with van der Waals surface area (Å²) in [5, 5.41) is 20.7. The van der Waals surface area contributed by atoms with Crippen molar-refractivity contribution in [3.05, 3.63) is 58.5 Å². The molecule has 0 radical (unpaired) electrons. The number of thioether (sulfide) groups is 1. The van der Waals surface area contributed by atoms with Crippen LogP contribution in [0.3, 0.4) is 0 Å². The van der Waals surface area contributed by atoms with E-state index in [1.54, 1.807) is 11.3 Å². The number of hydrogen-bond acceptors (Lipinski definition) is 8. The molecule has 3 heterocycles. The maximum absolute atomic E-state index is 6.09. The number of benzene rings is 1. The van der Waals surface area contributed by atoms with Gasteiger partial charge in [-0.3, -0.25) is 9.47 Å². The Bertz CT molecular complexity index is 1110. The minimum Gasteiger partial charge on any atom is -0.419 e. The van der Waals surface area contributed by atoms with Crippen molar-refractivity contribution < 1.29 is 4.42 Å². The van der Waals surface area contributed by atoms with Gasteiger partial charge in [0.05, 0.1) is 16.2 Å². The van der Waals surface area contributed by atoms with E-state index >= 15 is 0 Å². The van der Waals surface area contributed by atoms with Gasteiger partial charge in [0.2, 0.25) is 5.89 Å². The van der Waals surface area contributed by atoms with Gasteiger partial charge in [0.15, 0.2) is 11.0 Å². The molecule has 2 unspecified atom stereocenters. The van der Waals surface area contributed by atoms with Crippen molar-refractivity contribution in [1.29, 1.82) is 0 Å². The molecule has 0 fully saturated rings. The lowest BCUT2D eigenvalue weighted by molar-refractivity contribution is 0.305. The highest BCUT2D eigenvalue weighted by Crippen LogP contribution is 2.37. The summed E-state index contributed by atoms with van der Waals surface area (Å²) in [5.41, 5.74) is 0.951. The van der Waals surface area contributed by atoms with Gasteiger partial charge >= 0.3 is 0 Å². The van der Waals surface area contributed by atoms with Crippen molar-refractivity contribution in [3.8, 4) is 16.5 Å². The maximum Gasteiger partial charge on any atom is 0.257 e. The summed E-state index contributed by atoms with van der Waals surface area (Å²) in [4.78, 5) is 3.05. The molecule has 4 aromatic rings. The summed E-state index contributed by atoms with van der Waals surface area (Å²) in [5.74, 6) is 1.94. The van der Waals surface area contributed by atoms with Gasteiger partial charge in [-0.2, -0.15) is 0 Å². The van der Waals surface area contributed by atoms with Crippen LogP contribution in [0.4, 0.5) is 0 Å². The SMILES string of the molecule is CC(Sc1nnc(C(C)N(C)C)n1-c1ccc(Cl)cc1)c1nnc(-c2cccs2)o1. The van der Waals surface area contributed by atoms with Gasteiger partial charge < -0.3 is 4.42 Å². The second-order valence-electron chi connectivity index (χ2n) is 6.98. The first kappa shape index (κ1) is 21.0. The Kier molecular flexibility index (Phi) is 6.24. The van der Waals surface area contributed by atoms with Gasteiger partial charge in [0, 0.05) is 10.7 Å². The molecule has 0 N–H and O–H groups in total. The highest BCUT2D eigenvalue weighted by Gasteiger charge is 2.24. The molecule has 0 saturated heterocycles. The lowest BCUT2D eigenvalue weighted by atomic mass is 10.2. The molecule has 3 aromatic heterocycles. The van der Waals surface area contributed by atoms with Crippen LogP contribution in [0.5, 0.6) is 0 Å². The molecule has 0 aliphatic carbocycles. The lowest BCUT2D eigenvalue weighted by Gasteiger charge is -2.20. The van der Waals surface area contributed by atoms with Gasteiger partial charge in [-0.25, -0.2) is 0 Å². The van der Waals surface area contributed by atoms with Gasteiger partial charge in [-0.1, -0.05) is 29.4 Å². The van der Waals surface area contributed by atoms with Crippen LogP contribution in [-0.2, 0) is 0 Å². The molecule has 30 heavy (non-hydrogen) atoms. The zero-order valence-corrected chi connectivity index (χ0v) is 19.4. The summed E-state index contributed by atoms with van der Waals surface area (Å²) in [7, 11) is 4.04. The fourth-order valence-corrected chi connectivity index (χ4v) is 4.47. The van der Waals surface area contributed by atoms with Crippen molar-refractivity contribution in [1.82, 2.24) is 29.9 Å². The highest BCUT2D eigenvalue weighted by molar-refractivity contribution is 7.99. The summed E-state index contributed by atoms with van der Waals surface area (Å²) in [6.45, 7) is 4.12. The zero-order chi connectivity index (χ0) is 21.3. The third kappa shape index (κ3) is 4.29. The monoisotopic (exact) mass is 460 g/mol. The predicted molar refractivity (Wildman–Crippen MR) is 120 cm³/mol. The molecule has 4 rings (SSSR count). The zero-order valence-electron chi connectivity index (χ0n) is 17.0. The standard InChI is InChI=1S/C20H21ClN6OS2/c1-12(26(3)4)17-22-25-20(27(17)15-9-7-14(21)8-10-15)30-13(2)18-23-24-19(28-18)16-6-5-11-29-16/h5-13H,1-4H3. The molecule has 0 aliphatic heterocycles. The van der Waals surface area contributed by atoms with E-state index in [1.165, 1.54) is 11.8 Å². The van der Waals surface area contributed by atoms with Crippen LogP contribution in [0.1, 0.15) is 36.9 Å². The Morgan fingerprint density at radius 1 is 1.07 bits per heavy atom. The molecular weight excluding hydrogens is 440 g/mol. The molecule has 156 valence electrons. The quantitative estimate of drug-likeness (QED) is 0.337. The first-order valence-corrected chi connectivity index (χ1v) is 11.5. The summed E-state index contributed by atoms with van der Waals surface area (Å²) in [6.07, 6.45) is 0. The Morgan fingerprint density at radius 2 is 1.83 bits per heavy atom. The minimum atomic E-state index is -0.0935. The summed E-state index contributed by atoms with van der Waals surface area (Å²) >= 11 is 9.19. The third-order valence-electron chi connectivity index (χ3n) is 4.69. The molecule has 0 saturated carbocycles. The number of rotatable bonds is 7. The van der Waals surface area contributed by atoms with Crippen molar-refractivity contribution in [2.45, 2.75) is 30.3 Å². The van der Waals surface area contributed by atoms with E-state index in [2.05, 4.69) is 36.8 Å². The second-order valence-corrected chi connectivity index (χ2v) is 9.67. The molecule has 0 aliphatic rings. The van der Waals surface area contributed by atoms with Crippen molar-refractivity contribution in [2.75, 3.05) is 14.1 Å². The molecule has 10 heteroatoms. The van der Waals surface area contributed by atoms with E-state index in [-0.39, 0.29) is 11.3 Å². The Balaban J connectivity index is 1.66. The van der Waals surface area contributed by atoms with Crippen molar-refractivity contribution >= 4 is 34.7 Å². The summed E-state index contributed by atoms with van der Waals surface area (Å²) < 4.78 is 7.95. The van der Waals surface area contributed by atoms with Gasteiger partial charge in [-0.05, 0) is 63.7 Å². The minimum absolute atomic E-state index is 0.0756. The predicted octanol–water partition coefficient (Wildman–Crippen LogP) is 5.51. The largest absolute Gasteiger partial charge is 0.419 e. The van der Waals surface area contributed by atoms with Crippen LogP contribution in [0.15, 0.2) is 51.4 Å². The molecule has 1 aromatic carbocycles. The Morgan fingerprint density at radius 3 is 2.50 bits per heavy atom. The van der Waals surface area contributed by atoms with Crippen LogP contribution in [0.25, 0.3) is 16.5 Å². The average molecular weight is 461 g/mol. The van der Waals surface area contributed by atoms with Crippen LogP contribution in [0, 0.1) is 0 Å². The second kappa shape index (κ2) is 8.89. The summed E-state index contributed by atoms with van der Waals surface area (Å²) in [6, 6.07) is 11.7. The van der Waals surface area contributed by atoms with Gasteiger partial charge in [0.1, 0.15) is 0 Å². The van der Waals surface area contributed by atoms with Crippen LogP contribution in [0.2, 0.25) is 5.02 Å². The Labute approximate surface area is 188 Å². The molecule has 2 atom stereocenters. The number of hydrogen-bond donors (Lipinski definition) is 0. The van der Waals surface area contributed by atoms with E-state index in [1.807, 2.05) is 62.8 Å². The first-order valence-electron chi connectivity index (χ1n) is 9.35. The normalized spacial score (nSPS) is 13.7. The Hall–Kier alpha value is -2.20. The van der Waals surface area contributed by atoms with Crippen molar-refractivity contribution in [2.24, 2.45) is 0 Å². The van der Waals surface area contributed by atoms with Crippen LogP contribution < -0.4 is 0 Å². The number of halogens is 1. The van der Waals surface area contributed by atoms with E-state index in [9.17, 15) is 0 Å². The maximum atomic E-state index is 6.09. The molecule has 7 nitrogen and oxygen atoms in total. The third-order valence-corrected chi connectivity index (χ3v) is 6.83.